The molecule has 3 heteroatoms. The molecule has 1 amide bonds. The van der Waals surface area contributed by atoms with Crippen molar-refractivity contribution in [3.63, 3.8) is 0 Å². The number of benzene rings is 1. The van der Waals surface area contributed by atoms with E-state index in [1.54, 1.807) is 0 Å². The van der Waals surface area contributed by atoms with Gasteiger partial charge >= 0.3 is 0 Å². The van der Waals surface area contributed by atoms with Crippen molar-refractivity contribution in [3.8, 4) is 0 Å². The van der Waals surface area contributed by atoms with E-state index in [0.29, 0.717) is 12.5 Å². The third-order valence-corrected chi connectivity index (χ3v) is 4.47. The lowest BCUT2D eigenvalue weighted by atomic mass is 9.89. The Bertz CT molecular complexity index is 426. The van der Waals surface area contributed by atoms with Gasteiger partial charge in [0.05, 0.1) is 6.54 Å². The van der Waals surface area contributed by atoms with Crippen molar-refractivity contribution < 1.29 is 4.79 Å². The molecule has 1 aromatic carbocycles. The maximum atomic E-state index is 12.2. The molecule has 1 aromatic rings. The van der Waals surface area contributed by atoms with Crippen LogP contribution < -0.4 is 5.32 Å². The Kier molecular flexibility index (Phi) is 7.44. The summed E-state index contributed by atoms with van der Waals surface area (Å²) >= 11 is 0. The van der Waals surface area contributed by atoms with E-state index in [1.165, 1.54) is 37.7 Å². The van der Waals surface area contributed by atoms with Crippen LogP contribution >= 0.6 is 0 Å². The first-order chi connectivity index (χ1) is 10.8. The smallest absolute Gasteiger partial charge is 0.234 e. The molecule has 0 radical (unpaired) electrons. The zero-order valence-corrected chi connectivity index (χ0v) is 13.9. The van der Waals surface area contributed by atoms with Crippen LogP contribution in [0.5, 0.6) is 0 Å². The molecule has 0 aliphatic heterocycles. The molecule has 0 saturated heterocycles. The molecular weight excluding hydrogens is 272 g/mol. The molecule has 0 aromatic heterocycles. The lowest BCUT2D eigenvalue weighted by Crippen LogP contribution is -2.39. The number of nitrogens with zero attached hydrogens (tertiary/aromatic N) is 1. The van der Waals surface area contributed by atoms with Crippen molar-refractivity contribution in [1.29, 1.82) is 0 Å². The van der Waals surface area contributed by atoms with Crippen LogP contribution in [0, 0.1) is 5.92 Å². The topological polar surface area (TPSA) is 32.3 Å². The third-order valence-electron chi connectivity index (χ3n) is 4.47. The quantitative estimate of drug-likeness (QED) is 0.796. The van der Waals surface area contributed by atoms with E-state index in [-0.39, 0.29) is 5.91 Å². The molecule has 3 nitrogen and oxygen atoms in total. The van der Waals surface area contributed by atoms with Gasteiger partial charge in [-0.05, 0) is 37.3 Å². The monoisotopic (exact) mass is 302 g/mol. The van der Waals surface area contributed by atoms with Gasteiger partial charge < -0.3 is 5.32 Å². The van der Waals surface area contributed by atoms with Crippen molar-refractivity contribution in [2.45, 2.75) is 52.0 Å². The first kappa shape index (κ1) is 17.0. The van der Waals surface area contributed by atoms with Crippen LogP contribution in [0.1, 0.15) is 51.0 Å². The number of carbonyl (C=O) groups is 1. The van der Waals surface area contributed by atoms with Gasteiger partial charge in [0.1, 0.15) is 0 Å². The van der Waals surface area contributed by atoms with E-state index < -0.39 is 0 Å². The zero-order chi connectivity index (χ0) is 15.6. The van der Waals surface area contributed by atoms with Crippen molar-refractivity contribution in [2.75, 3.05) is 19.6 Å². The maximum Gasteiger partial charge on any atom is 0.234 e. The van der Waals surface area contributed by atoms with Crippen LogP contribution in [0.15, 0.2) is 30.3 Å². The van der Waals surface area contributed by atoms with Gasteiger partial charge in [-0.1, -0.05) is 56.5 Å². The van der Waals surface area contributed by atoms with Gasteiger partial charge in [0.2, 0.25) is 5.91 Å². The zero-order valence-electron chi connectivity index (χ0n) is 13.9. The number of nitrogens with one attached hydrogen (secondary N) is 1. The van der Waals surface area contributed by atoms with Gasteiger partial charge in [0.25, 0.3) is 0 Å². The van der Waals surface area contributed by atoms with Crippen LogP contribution in [-0.2, 0) is 11.3 Å². The van der Waals surface area contributed by atoms with E-state index in [9.17, 15) is 4.79 Å². The summed E-state index contributed by atoms with van der Waals surface area (Å²) in [5.74, 6) is 0.876. The van der Waals surface area contributed by atoms with Crippen LogP contribution in [0.3, 0.4) is 0 Å². The summed E-state index contributed by atoms with van der Waals surface area (Å²) in [6, 6.07) is 10.4. The second-order valence-electron chi connectivity index (χ2n) is 6.50. The van der Waals surface area contributed by atoms with Crippen LogP contribution in [0.25, 0.3) is 0 Å². The Labute approximate surface area is 135 Å². The third kappa shape index (κ3) is 6.18. The molecule has 1 aliphatic rings. The van der Waals surface area contributed by atoms with Crippen molar-refractivity contribution in [2.24, 2.45) is 5.92 Å². The highest BCUT2D eigenvalue weighted by Crippen LogP contribution is 2.22. The highest BCUT2D eigenvalue weighted by atomic mass is 16.2. The minimum Gasteiger partial charge on any atom is -0.355 e. The number of amides is 1. The van der Waals surface area contributed by atoms with E-state index in [0.717, 1.165) is 26.1 Å². The molecule has 0 spiro atoms. The predicted molar refractivity (Wildman–Crippen MR) is 91.6 cm³/mol. The number of carbonyl (C=O) groups excluding carboxylic acids is 1. The van der Waals surface area contributed by atoms with E-state index >= 15 is 0 Å². The Morgan fingerprint density at radius 1 is 1.18 bits per heavy atom. The van der Waals surface area contributed by atoms with Crippen molar-refractivity contribution >= 4 is 5.91 Å². The summed E-state index contributed by atoms with van der Waals surface area (Å²) in [5.41, 5.74) is 1.27. The molecule has 1 aliphatic carbocycles. The lowest BCUT2D eigenvalue weighted by molar-refractivity contribution is -0.122. The second-order valence-corrected chi connectivity index (χ2v) is 6.50. The van der Waals surface area contributed by atoms with Crippen LogP contribution in [-0.4, -0.2) is 30.4 Å². The van der Waals surface area contributed by atoms with Gasteiger partial charge in [-0.15, -0.1) is 0 Å². The molecule has 22 heavy (non-hydrogen) atoms. The molecular formula is C19H30N2O. The Morgan fingerprint density at radius 2 is 1.91 bits per heavy atom. The van der Waals surface area contributed by atoms with Gasteiger partial charge in [-0.3, -0.25) is 9.69 Å². The molecule has 122 valence electrons. The standard InChI is InChI=1S/C19H30N2O/c1-2-13-21(15-18-11-7-4-8-12-18)16-19(22)20-14-17-9-5-3-6-10-17/h4,7-8,11-12,17H,2-3,5-6,9-10,13-16H2,1H3,(H,20,22). The Balaban J connectivity index is 1.75. The minimum atomic E-state index is 0.176. The molecule has 2 rings (SSSR count). The maximum absolute atomic E-state index is 12.2. The van der Waals surface area contributed by atoms with E-state index in [1.807, 2.05) is 6.07 Å². The summed E-state index contributed by atoms with van der Waals surface area (Å²) in [6.07, 6.45) is 7.66. The number of hydrogen-bond donors (Lipinski definition) is 1. The first-order valence-electron chi connectivity index (χ1n) is 8.81. The largest absolute Gasteiger partial charge is 0.355 e. The fraction of sp³-hybridized carbons (Fsp3) is 0.632. The van der Waals surface area contributed by atoms with Crippen molar-refractivity contribution in [3.05, 3.63) is 35.9 Å². The predicted octanol–water partition coefficient (Wildman–Crippen LogP) is 3.60. The fourth-order valence-electron chi connectivity index (χ4n) is 3.28. The summed E-state index contributed by atoms with van der Waals surface area (Å²) in [4.78, 5) is 14.4. The van der Waals surface area contributed by atoms with Gasteiger partial charge in [-0.25, -0.2) is 0 Å². The van der Waals surface area contributed by atoms with Crippen LogP contribution in [0.2, 0.25) is 0 Å². The molecule has 0 unspecified atom stereocenters. The minimum absolute atomic E-state index is 0.176. The SMILES string of the molecule is CCCN(CC(=O)NCC1CCCCC1)Cc1ccccc1. The van der Waals surface area contributed by atoms with Gasteiger partial charge in [0, 0.05) is 13.1 Å². The summed E-state index contributed by atoms with van der Waals surface area (Å²) in [5, 5.41) is 3.15. The lowest BCUT2D eigenvalue weighted by Gasteiger charge is -2.24. The van der Waals surface area contributed by atoms with Crippen LogP contribution in [0.4, 0.5) is 0 Å². The molecule has 1 saturated carbocycles. The highest BCUT2D eigenvalue weighted by Gasteiger charge is 2.15. The molecule has 0 bridgehead atoms. The second kappa shape index (κ2) is 9.62. The summed E-state index contributed by atoms with van der Waals surface area (Å²) < 4.78 is 0. The average Bonchev–Trinajstić information content (AvgIpc) is 2.55. The molecule has 1 fully saturated rings. The molecule has 0 heterocycles. The van der Waals surface area contributed by atoms with E-state index in [4.69, 9.17) is 0 Å². The van der Waals surface area contributed by atoms with Crippen molar-refractivity contribution in [1.82, 2.24) is 10.2 Å². The average molecular weight is 302 g/mol. The first-order valence-corrected chi connectivity index (χ1v) is 8.81. The molecule has 1 N–H and O–H groups in total. The Morgan fingerprint density at radius 3 is 2.59 bits per heavy atom. The normalized spacial score (nSPS) is 15.9. The number of rotatable bonds is 8. The summed E-state index contributed by atoms with van der Waals surface area (Å²) in [6.45, 7) is 5.36. The number of hydrogen-bond acceptors (Lipinski definition) is 2. The fourth-order valence-corrected chi connectivity index (χ4v) is 3.28. The molecule has 0 atom stereocenters. The summed E-state index contributed by atoms with van der Waals surface area (Å²) in [7, 11) is 0. The van der Waals surface area contributed by atoms with Gasteiger partial charge in [-0.2, -0.15) is 0 Å². The van der Waals surface area contributed by atoms with Gasteiger partial charge in [0.15, 0.2) is 0 Å². The van der Waals surface area contributed by atoms with E-state index in [2.05, 4.69) is 41.4 Å². The highest BCUT2D eigenvalue weighted by molar-refractivity contribution is 5.78. The Hall–Kier alpha value is -1.35.